The number of β-amino-alcohol motifs (C(OH)–C–C–N with tert-alkyl or cyclic N) is 1. The van der Waals surface area contributed by atoms with Crippen molar-refractivity contribution >= 4 is 0 Å². The van der Waals surface area contributed by atoms with Gasteiger partial charge in [-0.2, -0.15) is 0 Å². The zero-order chi connectivity index (χ0) is 10.1. The lowest BCUT2D eigenvalue weighted by Gasteiger charge is -2.30. The van der Waals surface area contributed by atoms with Gasteiger partial charge in [0.25, 0.3) is 0 Å². The van der Waals surface area contributed by atoms with Crippen LogP contribution >= 0.6 is 0 Å². The molecule has 1 aliphatic rings. The highest BCUT2D eigenvalue weighted by Crippen LogP contribution is 2.20. The van der Waals surface area contributed by atoms with E-state index in [1.165, 1.54) is 0 Å². The van der Waals surface area contributed by atoms with Crippen LogP contribution in [0.3, 0.4) is 0 Å². The molecule has 0 bridgehead atoms. The zero-order valence-electron chi connectivity index (χ0n) is 8.99. The van der Waals surface area contributed by atoms with Crippen molar-refractivity contribution in [2.45, 2.75) is 26.9 Å². The van der Waals surface area contributed by atoms with E-state index < -0.39 is 0 Å². The Morgan fingerprint density at radius 3 is 2.38 bits per heavy atom. The minimum atomic E-state index is -0.274. The molecule has 0 aromatic carbocycles. The Morgan fingerprint density at radius 2 is 2.00 bits per heavy atom. The number of hydrogen-bond donors (Lipinski definition) is 1. The number of hydrogen-bond acceptors (Lipinski definition) is 3. The van der Waals surface area contributed by atoms with Gasteiger partial charge in [-0.25, -0.2) is 0 Å². The summed E-state index contributed by atoms with van der Waals surface area (Å²) >= 11 is 0. The predicted octanol–water partition coefficient (Wildman–Crippen LogP) is 1.07. The quantitative estimate of drug-likeness (QED) is 0.695. The van der Waals surface area contributed by atoms with E-state index >= 15 is 0 Å². The van der Waals surface area contributed by atoms with Gasteiger partial charge in [-0.15, -0.1) is 0 Å². The SMILES string of the molecule is CN1C=CN(C[C@H](O)C(C)(C)C)C1. The Labute approximate surface area is 80.6 Å². The van der Waals surface area contributed by atoms with Crippen molar-refractivity contribution in [3.63, 3.8) is 0 Å². The predicted molar refractivity (Wildman–Crippen MR) is 53.9 cm³/mol. The second kappa shape index (κ2) is 3.58. The van der Waals surface area contributed by atoms with E-state index in [0.717, 1.165) is 6.67 Å². The van der Waals surface area contributed by atoms with Crippen LogP contribution in [0.2, 0.25) is 0 Å². The van der Waals surface area contributed by atoms with E-state index in [9.17, 15) is 5.11 Å². The van der Waals surface area contributed by atoms with Crippen LogP contribution in [0, 0.1) is 5.41 Å². The first-order valence-corrected chi connectivity index (χ1v) is 4.70. The molecule has 0 amide bonds. The van der Waals surface area contributed by atoms with E-state index in [0.29, 0.717) is 6.54 Å². The lowest BCUT2D eigenvalue weighted by Crippen LogP contribution is -2.38. The third-order valence-electron chi connectivity index (χ3n) is 2.34. The van der Waals surface area contributed by atoms with E-state index in [-0.39, 0.29) is 11.5 Å². The molecule has 0 radical (unpaired) electrons. The second-order valence-electron chi connectivity index (χ2n) is 4.85. The molecule has 13 heavy (non-hydrogen) atoms. The van der Waals surface area contributed by atoms with Crippen molar-refractivity contribution in [2.24, 2.45) is 5.41 Å². The summed E-state index contributed by atoms with van der Waals surface area (Å²) in [6.07, 6.45) is 3.77. The van der Waals surface area contributed by atoms with Crippen molar-refractivity contribution in [1.82, 2.24) is 9.80 Å². The Balaban J connectivity index is 2.38. The van der Waals surface area contributed by atoms with Crippen LogP contribution in [0.1, 0.15) is 20.8 Å². The Bertz CT molecular complexity index is 196. The molecule has 1 N–H and O–H groups in total. The summed E-state index contributed by atoms with van der Waals surface area (Å²) in [6.45, 7) is 7.76. The van der Waals surface area contributed by atoms with Gasteiger partial charge in [0.1, 0.15) is 0 Å². The van der Waals surface area contributed by atoms with Gasteiger partial charge in [-0.1, -0.05) is 20.8 Å². The normalized spacial score (nSPS) is 19.8. The molecule has 0 aromatic rings. The van der Waals surface area contributed by atoms with Gasteiger partial charge < -0.3 is 14.9 Å². The Morgan fingerprint density at radius 1 is 1.38 bits per heavy atom. The third kappa shape index (κ3) is 2.92. The zero-order valence-corrected chi connectivity index (χ0v) is 8.99. The van der Waals surface area contributed by atoms with Gasteiger partial charge in [-0.05, 0) is 5.41 Å². The summed E-state index contributed by atoms with van der Waals surface area (Å²) in [7, 11) is 2.03. The first-order chi connectivity index (χ1) is 5.89. The molecule has 3 nitrogen and oxygen atoms in total. The molecule has 0 saturated carbocycles. The third-order valence-corrected chi connectivity index (χ3v) is 2.34. The molecule has 0 saturated heterocycles. The Hall–Kier alpha value is -0.700. The van der Waals surface area contributed by atoms with Gasteiger partial charge in [0, 0.05) is 26.0 Å². The average molecular weight is 184 g/mol. The van der Waals surface area contributed by atoms with Gasteiger partial charge >= 0.3 is 0 Å². The summed E-state index contributed by atoms with van der Waals surface area (Å²) in [5.74, 6) is 0. The maximum absolute atomic E-state index is 9.84. The van der Waals surface area contributed by atoms with Crippen LogP contribution < -0.4 is 0 Å². The molecule has 0 aromatic heterocycles. The first kappa shape index (κ1) is 10.4. The minimum absolute atomic E-state index is 0.0327. The topological polar surface area (TPSA) is 26.7 Å². The molecular weight excluding hydrogens is 164 g/mol. The van der Waals surface area contributed by atoms with Crippen LogP contribution in [0.15, 0.2) is 12.4 Å². The van der Waals surface area contributed by atoms with E-state index in [1.54, 1.807) is 0 Å². The van der Waals surface area contributed by atoms with E-state index in [4.69, 9.17) is 0 Å². The molecule has 1 rings (SSSR count). The highest BCUT2D eigenvalue weighted by molar-refractivity contribution is 4.91. The fraction of sp³-hybridized carbons (Fsp3) is 0.800. The van der Waals surface area contributed by atoms with Gasteiger partial charge in [-0.3, -0.25) is 0 Å². The largest absolute Gasteiger partial charge is 0.391 e. The smallest absolute Gasteiger partial charge is 0.0891 e. The summed E-state index contributed by atoms with van der Waals surface area (Å²) in [4.78, 5) is 4.21. The summed E-state index contributed by atoms with van der Waals surface area (Å²) in [5, 5.41) is 9.84. The molecular formula is C10H20N2O. The molecule has 1 atom stereocenters. The monoisotopic (exact) mass is 184 g/mol. The fourth-order valence-corrected chi connectivity index (χ4v) is 1.20. The number of rotatable bonds is 2. The fourth-order valence-electron chi connectivity index (χ4n) is 1.20. The van der Waals surface area contributed by atoms with Crippen LogP contribution in [0.4, 0.5) is 0 Å². The number of aliphatic hydroxyl groups is 1. The molecule has 1 heterocycles. The van der Waals surface area contributed by atoms with E-state index in [1.807, 2.05) is 19.4 Å². The molecule has 0 spiro atoms. The molecule has 0 unspecified atom stereocenters. The van der Waals surface area contributed by atoms with Crippen molar-refractivity contribution in [3.8, 4) is 0 Å². The molecule has 0 aliphatic carbocycles. The summed E-state index contributed by atoms with van der Waals surface area (Å²) < 4.78 is 0. The first-order valence-electron chi connectivity index (χ1n) is 4.70. The molecule has 1 aliphatic heterocycles. The van der Waals surface area contributed by atoms with Crippen LogP contribution in [-0.4, -0.2) is 41.3 Å². The molecule has 0 fully saturated rings. The minimum Gasteiger partial charge on any atom is -0.391 e. The number of nitrogens with zero attached hydrogens (tertiary/aromatic N) is 2. The number of aliphatic hydroxyl groups excluding tert-OH is 1. The van der Waals surface area contributed by atoms with Gasteiger partial charge in [0.15, 0.2) is 0 Å². The van der Waals surface area contributed by atoms with E-state index in [2.05, 4.69) is 30.6 Å². The van der Waals surface area contributed by atoms with Crippen molar-refractivity contribution in [2.75, 3.05) is 20.3 Å². The summed E-state index contributed by atoms with van der Waals surface area (Å²) in [6, 6.07) is 0. The molecule has 76 valence electrons. The van der Waals surface area contributed by atoms with Crippen molar-refractivity contribution in [3.05, 3.63) is 12.4 Å². The lowest BCUT2D eigenvalue weighted by atomic mass is 9.89. The van der Waals surface area contributed by atoms with Crippen molar-refractivity contribution < 1.29 is 5.11 Å². The maximum atomic E-state index is 9.84. The Kier molecular flexibility index (Phi) is 2.86. The van der Waals surface area contributed by atoms with Crippen LogP contribution in [0.25, 0.3) is 0 Å². The average Bonchev–Trinajstić information content (AvgIpc) is 2.33. The maximum Gasteiger partial charge on any atom is 0.0891 e. The second-order valence-corrected chi connectivity index (χ2v) is 4.85. The van der Waals surface area contributed by atoms with Crippen LogP contribution in [-0.2, 0) is 0 Å². The van der Waals surface area contributed by atoms with Crippen molar-refractivity contribution in [1.29, 1.82) is 0 Å². The van der Waals surface area contributed by atoms with Crippen LogP contribution in [0.5, 0.6) is 0 Å². The lowest BCUT2D eigenvalue weighted by molar-refractivity contribution is 0.0370. The standard InChI is InChI=1S/C10H20N2O/c1-10(2,3)9(13)7-12-6-5-11(4)8-12/h5-6,9,13H,7-8H2,1-4H3/t9-/m0/s1. The van der Waals surface area contributed by atoms with Gasteiger partial charge in [0.2, 0.25) is 0 Å². The summed E-state index contributed by atoms with van der Waals surface area (Å²) in [5.41, 5.74) is -0.0327. The highest BCUT2D eigenvalue weighted by atomic mass is 16.3. The molecule has 3 heteroatoms. The highest BCUT2D eigenvalue weighted by Gasteiger charge is 2.24. The van der Waals surface area contributed by atoms with Gasteiger partial charge in [0.05, 0.1) is 12.8 Å².